The highest BCUT2D eigenvalue weighted by molar-refractivity contribution is 5.89. The predicted molar refractivity (Wildman–Crippen MR) is 76.0 cm³/mol. The Bertz CT molecular complexity index is 691. The number of phenols is 1. The van der Waals surface area contributed by atoms with E-state index in [9.17, 15) is 14.7 Å². The van der Waals surface area contributed by atoms with Crippen LogP contribution in [-0.2, 0) is 6.61 Å². The highest BCUT2D eigenvalue weighted by atomic mass is 16.5. The number of ether oxygens (including phenoxy) is 1. The fourth-order valence-electron chi connectivity index (χ4n) is 1.94. The quantitative estimate of drug-likeness (QED) is 0.826. The molecule has 0 spiro atoms. The summed E-state index contributed by atoms with van der Waals surface area (Å²) in [6.07, 6.45) is 0.550. The van der Waals surface area contributed by atoms with E-state index in [-0.39, 0.29) is 23.5 Å². The van der Waals surface area contributed by atoms with Gasteiger partial charge in [0.05, 0.1) is 11.1 Å². The molecule has 108 valence electrons. The number of aldehydes is 1. The molecule has 0 aliphatic carbocycles. The standard InChI is InChI=1S/C16H14O5/c1-10-6-11(2-4-14(10)16(19)20)9-21-13-3-5-15(18)12(7-13)8-17/h2-8,18H,9H2,1H3,(H,19,20). The Balaban J connectivity index is 2.11. The summed E-state index contributed by atoms with van der Waals surface area (Å²) in [7, 11) is 0. The maximum absolute atomic E-state index is 10.9. The van der Waals surface area contributed by atoms with Crippen molar-refractivity contribution in [2.75, 3.05) is 0 Å². The van der Waals surface area contributed by atoms with Crippen molar-refractivity contribution in [3.05, 3.63) is 58.7 Å². The lowest BCUT2D eigenvalue weighted by atomic mass is 10.1. The van der Waals surface area contributed by atoms with Crippen molar-refractivity contribution in [1.82, 2.24) is 0 Å². The number of benzene rings is 2. The van der Waals surface area contributed by atoms with Crippen LogP contribution in [0.3, 0.4) is 0 Å². The van der Waals surface area contributed by atoms with Gasteiger partial charge < -0.3 is 14.9 Å². The third-order valence-electron chi connectivity index (χ3n) is 3.05. The number of phenolic OH excluding ortho intramolecular Hbond substituents is 1. The molecule has 0 aromatic heterocycles. The molecule has 0 radical (unpaired) electrons. The average molecular weight is 286 g/mol. The molecule has 0 atom stereocenters. The van der Waals surface area contributed by atoms with Crippen LogP contribution in [0.2, 0.25) is 0 Å². The van der Waals surface area contributed by atoms with Crippen molar-refractivity contribution in [2.45, 2.75) is 13.5 Å². The Kier molecular flexibility index (Phi) is 4.23. The lowest BCUT2D eigenvalue weighted by Crippen LogP contribution is -2.02. The van der Waals surface area contributed by atoms with Crippen molar-refractivity contribution in [1.29, 1.82) is 0 Å². The summed E-state index contributed by atoms with van der Waals surface area (Å²) in [5.74, 6) is -0.608. The number of hydrogen-bond donors (Lipinski definition) is 2. The van der Waals surface area contributed by atoms with Crippen molar-refractivity contribution in [2.24, 2.45) is 0 Å². The minimum atomic E-state index is -0.964. The van der Waals surface area contributed by atoms with E-state index in [2.05, 4.69) is 0 Å². The molecule has 2 rings (SSSR count). The summed E-state index contributed by atoms with van der Waals surface area (Å²) in [5.41, 5.74) is 1.89. The Morgan fingerprint density at radius 2 is 2.00 bits per heavy atom. The van der Waals surface area contributed by atoms with Gasteiger partial charge in [-0.3, -0.25) is 4.79 Å². The average Bonchev–Trinajstić information content (AvgIpc) is 2.46. The smallest absolute Gasteiger partial charge is 0.335 e. The number of aromatic carboxylic acids is 1. The third-order valence-corrected chi connectivity index (χ3v) is 3.05. The Morgan fingerprint density at radius 3 is 2.62 bits per heavy atom. The molecule has 2 aromatic carbocycles. The molecule has 2 aromatic rings. The molecule has 21 heavy (non-hydrogen) atoms. The lowest BCUT2D eigenvalue weighted by molar-refractivity contribution is 0.0696. The number of aryl methyl sites for hydroxylation is 1. The number of carboxylic acids is 1. The minimum Gasteiger partial charge on any atom is -0.507 e. The van der Waals surface area contributed by atoms with Gasteiger partial charge in [0.1, 0.15) is 18.1 Å². The first kappa shape index (κ1) is 14.6. The van der Waals surface area contributed by atoms with Gasteiger partial charge in [0.15, 0.2) is 6.29 Å². The molecular formula is C16H14O5. The van der Waals surface area contributed by atoms with Crippen LogP contribution in [0.5, 0.6) is 11.5 Å². The largest absolute Gasteiger partial charge is 0.507 e. The molecule has 2 N–H and O–H groups in total. The summed E-state index contributed by atoms with van der Waals surface area (Å²) >= 11 is 0. The summed E-state index contributed by atoms with van der Waals surface area (Å²) < 4.78 is 5.53. The molecule has 0 saturated carbocycles. The molecule has 0 fully saturated rings. The summed E-state index contributed by atoms with van der Waals surface area (Å²) in [6.45, 7) is 1.96. The van der Waals surface area contributed by atoms with E-state index in [0.29, 0.717) is 17.6 Å². The van der Waals surface area contributed by atoms with Crippen LogP contribution in [0.25, 0.3) is 0 Å². The molecule has 5 heteroatoms. The van der Waals surface area contributed by atoms with Gasteiger partial charge in [0.2, 0.25) is 0 Å². The molecule has 0 unspecified atom stereocenters. The zero-order chi connectivity index (χ0) is 15.4. The van der Waals surface area contributed by atoms with Crippen LogP contribution in [-0.4, -0.2) is 22.5 Å². The van der Waals surface area contributed by atoms with Crippen molar-refractivity contribution < 1.29 is 24.5 Å². The van der Waals surface area contributed by atoms with Gasteiger partial charge in [-0.05, 0) is 42.3 Å². The van der Waals surface area contributed by atoms with Crippen LogP contribution in [0.1, 0.15) is 31.8 Å². The van der Waals surface area contributed by atoms with Crippen LogP contribution in [0.4, 0.5) is 0 Å². The Hall–Kier alpha value is -2.82. The second kappa shape index (κ2) is 6.09. The number of carbonyl (C=O) groups excluding carboxylic acids is 1. The van der Waals surface area contributed by atoms with Gasteiger partial charge in [-0.2, -0.15) is 0 Å². The van der Waals surface area contributed by atoms with Gasteiger partial charge in [-0.15, -0.1) is 0 Å². The topological polar surface area (TPSA) is 83.8 Å². The maximum Gasteiger partial charge on any atom is 0.335 e. The predicted octanol–water partition coefficient (Wildman–Crippen LogP) is 2.79. The van der Waals surface area contributed by atoms with E-state index >= 15 is 0 Å². The maximum atomic E-state index is 10.9. The number of carbonyl (C=O) groups is 2. The van der Waals surface area contributed by atoms with Crippen molar-refractivity contribution in [3.8, 4) is 11.5 Å². The number of aromatic hydroxyl groups is 1. The zero-order valence-electron chi connectivity index (χ0n) is 11.4. The lowest BCUT2D eigenvalue weighted by Gasteiger charge is -2.09. The van der Waals surface area contributed by atoms with Gasteiger partial charge in [-0.25, -0.2) is 4.79 Å². The van der Waals surface area contributed by atoms with Gasteiger partial charge in [0.25, 0.3) is 0 Å². The third kappa shape index (κ3) is 3.39. The first-order valence-corrected chi connectivity index (χ1v) is 6.25. The van der Waals surface area contributed by atoms with Crippen molar-refractivity contribution in [3.63, 3.8) is 0 Å². The summed E-state index contributed by atoms with van der Waals surface area (Å²) in [4.78, 5) is 21.7. The summed E-state index contributed by atoms with van der Waals surface area (Å²) in [6, 6.07) is 9.34. The van der Waals surface area contributed by atoms with E-state index in [4.69, 9.17) is 9.84 Å². The highest BCUT2D eigenvalue weighted by Crippen LogP contribution is 2.22. The molecule has 0 aliphatic rings. The molecule has 0 aliphatic heterocycles. The van der Waals surface area contributed by atoms with E-state index in [1.807, 2.05) is 0 Å². The number of carboxylic acid groups (broad SMARTS) is 1. The van der Waals surface area contributed by atoms with Gasteiger partial charge in [0, 0.05) is 0 Å². The SMILES string of the molecule is Cc1cc(COc2ccc(O)c(C=O)c2)ccc1C(=O)O. The first-order valence-electron chi connectivity index (χ1n) is 6.25. The number of rotatable bonds is 5. The monoisotopic (exact) mass is 286 g/mol. The highest BCUT2D eigenvalue weighted by Gasteiger charge is 2.08. The van der Waals surface area contributed by atoms with Crippen LogP contribution >= 0.6 is 0 Å². The van der Waals surface area contributed by atoms with Crippen LogP contribution in [0, 0.1) is 6.92 Å². The number of hydrogen-bond acceptors (Lipinski definition) is 4. The van der Waals surface area contributed by atoms with E-state index in [1.54, 1.807) is 25.1 Å². The summed E-state index contributed by atoms with van der Waals surface area (Å²) in [5, 5.41) is 18.4. The molecule has 0 heterocycles. The van der Waals surface area contributed by atoms with Crippen LogP contribution < -0.4 is 4.74 Å². The normalized spacial score (nSPS) is 10.1. The molecule has 5 nitrogen and oxygen atoms in total. The molecule has 0 saturated heterocycles. The first-order chi connectivity index (χ1) is 10.0. The second-order valence-corrected chi connectivity index (χ2v) is 4.58. The fraction of sp³-hybridized carbons (Fsp3) is 0.125. The molecule has 0 amide bonds. The zero-order valence-corrected chi connectivity index (χ0v) is 11.4. The van der Waals surface area contributed by atoms with Gasteiger partial charge >= 0.3 is 5.97 Å². The minimum absolute atomic E-state index is 0.0981. The molecule has 0 bridgehead atoms. The molecular weight excluding hydrogens is 272 g/mol. The Morgan fingerprint density at radius 1 is 1.24 bits per heavy atom. The van der Waals surface area contributed by atoms with Gasteiger partial charge in [-0.1, -0.05) is 12.1 Å². The fourth-order valence-corrected chi connectivity index (χ4v) is 1.94. The second-order valence-electron chi connectivity index (χ2n) is 4.58. The van der Waals surface area contributed by atoms with E-state index in [0.717, 1.165) is 5.56 Å². The van der Waals surface area contributed by atoms with Crippen LogP contribution in [0.15, 0.2) is 36.4 Å². The Labute approximate surface area is 121 Å². The van der Waals surface area contributed by atoms with Crippen molar-refractivity contribution >= 4 is 12.3 Å². The van der Waals surface area contributed by atoms with E-state index < -0.39 is 5.97 Å². The van der Waals surface area contributed by atoms with E-state index in [1.165, 1.54) is 18.2 Å².